The van der Waals surface area contributed by atoms with Crippen LogP contribution in [0.25, 0.3) is 0 Å². The van der Waals surface area contributed by atoms with Crippen LogP contribution in [0.15, 0.2) is 18.2 Å². The molecule has 1 rings (SSSR count). The maximum Gasteiger partial charge on any atom is 1.00 e. The molecule has 0 spiro atoms. The molecule has 3 nitrogen and oxygen atoms in total. The van der Waals surface area contributed by atoms with Gasteiger partial charge in [-0.1, -0.05) is 63.6 Å². The molecule has 1 aromatic carbocycles. The molecule has 0 fully saturated rings. The van der Waals surface area contributed by atoms with Gasteiger partial charge in [0, 0.05) is 0 Å². The van der Waals surface area contributed by atoms with Crippen molar-refractivity contribution in [2.75, 3.05) is 0 Å². The summed E-state index contributed by atoms with van der Waals surface area (Å²) in [6.07, 6.45) is 9.18. The molecule has 0 heterocycles. The van der Waals surface area contributed by atoms with E-state index in [0.717, 1.165) is 24.8 Å². The Bertz CT molecular complexity index is 405. The molecule has 106 valence electrons. The number of carbonyl (C=O) groups is 1. The molecule has 0 bridgehead atoms. The van der Waals surface area contributed by atoms with E-state index in [2.05, 4.69) is 6.92 Å². The van der Waals surface area contributed by atoms with Crippen LogP contribution in [0.3, 0.4) is 0 Å². The first kappa shape index (κ1) is 20.1. The van der Waals surface area contributed by atoms with Crippen LogP contribution in [-0.2, 0) is 6.42 Å². The first-order valence-electron chi connectivity index (χ1n) is 7.18. The molecule has 0 aliphatic heterocycles. The molecule has 0 radical (unpaired) electrons. The third kappa shape index (κ3) is 7.79. The summed E-state index contributed by atoms with van der Waals surface area (Å²) in [6.45, 7) is 2.20. The second kappa shape index (κ2) is 11.8. The normalized spacial score (nSPS) is 10.1. The molecular weight excluding hydrogens is 279 g/mol. The predicted octanol–water partition coefficient (Wildman–Crippen LogP) is 0.755. The molecule has 0 saturated heterocycles. The van der Waals surface area contributed by atoms with Crippen molar-refractivity contribution < 1.29 is 66.4 Å². The van der Waals surface area contributed by atoms with Crippen molar-refractivity contribution in [2.24, 2.45) is 0 Å². The molecule has 0 saturated carbocycles. The summed E-state index contributed by atoms with van der Waals surface area (Å²) in [5.41, 5.74) is 0.944. The Morgan fingerprint density at radius 2 is 1.70 bits per heavy atom. The zero-order valence-electron chi connectivity index (χ0n) is 12.7. The minimum atomic E-state index is -1.00. The predicted molar refractivity (Wildman–Crippen MR) is 74.5 cm³/mol. The summed E-state index contributed by atoms with van der Waals surface area (Å²) in [4.78, 5) is 11.0. The van der Waals surface area contributed by atoms with E-state index < -0.39 is 5.97 Å². The van der Waals surface area contributed by atoms with E-state index in [1.807, 2.05) is 0 Å². The second-order valence-corrected chi connectivity index (χ2v) is 5.00. The number of carboxylic acid groups (broad SMARTS) is 1. The van der Waals surface area contributed by atoms with Gasteiger partial charge in [0.25, 0.3) is 0 Å². The SMILES string of the molecule is CCCCCCCCCc1ccc([O-])cc1C(=O)O.[K+]. The molecule has 0 amide bonds. The first-order valence-corrected chi connectivity index (χ1v) is 7.18. The number of unbranched alkanes of at least 4 members (excludes halogenated alkanes) is 6. The minimum Gasteiger partial charge on any atom is -0.872 e. The van der Waals surface area contributed by atoms with Crippen LogP contribution in [0.4, 0.5) is 0 Å². The van der Waals surface area contributed by atoms with E-state index in [-0.39, 0.29) is 62.7 Å². The maximum absolute atomic E-state index is 11.2. The quantitative estimate of drug-likeness (QED) is 0.541. The number of hydrogen-bond acceptors (Lipinski definition) is 2. The first-order chi connectivity index (χ1) is 9.15. The molecule has 20 heavy (non-hydrogen) atoms. The Morgan fingerprint density at radius 3 is 2.30 bits per heavy atom. The molecule has 0 atom stereocenters. The molecular formula is C16H23KO3. The Hall–Kier alpha value is 0.126. The van der Waals surface area contributed by atoms with Crippen molar-refractivity contribution in [2.45, 2.75) is 58.3 Å². The summed E-state index contributed by atoms with van der Waals surface area (Å²) < 4.78 is 0. The molecule has 0 aliphatic rings. The average molecular weight is 302 g/mol. The zero-order chi connectivity index (χ0) is 14.1. The van der Waals surface area contributed by atoms with Gasteiger partial charge in [0.1, 0.15) is 0 Å². The third-order valence-electron chi connectivity index (χ3n) is 3.36. The van der Waals surface area contributed by atoms with Gasteiger partial charge in [-0.3, -0.25) is 0 Å². The number of aryl methyl sites for hydroxylation is 1. The summed E-state index contributed by atoms with van der Waals surface area (Å²) in [6, 6.07) is 4.32. The molecule has 0 aromatic heterocycles. The Morgan fingerprint density at radius 1 is 1.10 bits per heavy atom. The fourth-order valence-electron chi connectivity index (χ4n) is 2.25. The second-order valence-electron chi connectivity index (χ2n) is 5.00. The van der Waals surface area contributed by atoms with Crippen LogP contribution in [0, 0.1) is 0 Å². The van der Waals surface area contributed by atoms with Crippen molar-refractivity contribution >= 4 is 5.97 Å². The van der Waals surface area contributed by atoms with Gasteiger partial charge < -0.3 is 10.2 Å². The maximum atomic E-state index is 11.2. The van der Waals surface area contributed by atoms with Crippen LogP contribution >= 0.6 is 0 Å². The van der Waals surface area contributed by atoms with Crippen LogP contribution < -0.4 is 56.5 Å². The van der Waals surface area contributed by atoms with E-state index in [1.165, 1.54) is 44.2 Å². The van der Waals surface area contributed by atoms with Crippen LogP contribution in [0.1, 0.15) is 67.8 Å². The van der Waals surface area contributed by atoms with Gasteiger partial charge in [-0.2, -0.15) is 0 Å². The Labute approximate surface area is 164 Å². The van der Waals surface area contributed by atoms with Crippen molar-refractivity contribution in [1.82, 2.24) is 0 Å². The number of carboxylic acids is 1. The van der Waals surface area contributed by atoms with Gasteiger partial charge in [-0.15, -0.1) is 5.75 Å². The number of rotatable bonds is 9. The zero-order valence-corrected chi connectivity index (χ0v) is 15.8. The number of hydrogen-bond donors (Lipinski definition) is 1. The molecule has 4 heteroatoms. The largest absolute Gasteiger partial charge is 1.00 e. The van der Waals surface area contributed by atoms with Gasteiger partial charge in [-0.05, 0) is 18.4 Å². The van der Waals surface area contributed by atoms with Crippen LogP contribution in [0.2, 0.25) is 0 Å². The summed E-state index contributed by atoms with van der Waals surface area (Å²) >= 11 is 0. The monoisotopic (exact) mass is 302 g/mol. The standard InChI is InChI=1S/C16H24O3.K/c1-2-3-4-5-6-7-8-9-13-10-11-14(17)12-15(13)16(18)19;/h10-12,17H,2-9H2,1H3,(H,18,19);/q;+1/p-1. The number of aromatic carboxylic acids is 1. The average Bonchev–Trinajstić information content (AvgIpc) is 2.39. The summed E-state index contributed by atoms with van der Waals surface area (Å²) in [5.74, 6) is -1.24. The Kier molecular flexibility index (Phi) is 11.8. The van der Waals surface area contributed by atoms with Gasteiger partial charge in [0.2, 0.25) is 0 Å². The smallest absolute Gasteiger partial charge is 0.872 e. The van der Waals surface area contributed by atoms with Crippen molar-refractivity contribution in [1.29, 1.82) is 0 Å². The van der Waals surface area contributed by atoms with Crippen LogP contribution in [-0.4, -0.2) is 11.1 Å². The van der Waals surface area contributed by atoms with Crippen molar-refractivity contribution in [3.05, 3.63) is 29.3 Å². The van der Waals surface area contributed by atoms with E-state index in [9.17, 15) is 9.90 Å². The van der Waals surface area contributed by atoms with E-state index in [1.54, 1.807) is 6.07 Å². The topological polar surface area (TPSA) is 60.4 Å². The van der Waals surface area contributed by atoms with Crippen molar-refractivity contribution in [3.8, 4) is 5.75 Å². The van der Waals surface area contributed by atoms with Gasteiger partial charge in [-0.25, -0.2) is 4.79 Å². The van der Waals surface area contributed by atoms with E-state index >= 15 is 0 Å². The third-order valence-corrected chi connectivity index (χ3v) is 3.36. The molecule has 1 N–H and O–H groups in total. The van der Waals surface area contributed by atoms with Gasteiger partial charge in [0.05, 0.1) is 5.56 Å². The molecule has 1 aromatic rings. The van der Waals surface area contributed by atoms with Crippen LogP contribution in [0.5, 0.6) is 5.75 Å². The summed E-state index contributed by atoms with van der Waals surface area (Å²) in [7, 11) is 0. The molecule has 0 unspecified atom stereocenters. The fourth-order valence-corrected chi connectivity index (χ4v) is 2.25. The summed E-state index contributed by atoms with van der Waals surface area (Å²) in [5, 5.41) is 20.2. The minimum absolute atomic E-state index is 0. The molecule has 0 aliphatic carbocycles. The van der Waals surface area contributed by atoms with Crippen molar-refractivity contribution in [3.63, 3.8) is 0 Å². The number of benzene rings is 1. The van der Waals surface area contributed by atoms with E-state index in [0.29, 0.717) is 0 Å². The van der Waals surface area contributed by atoms with Gasteiger partial charge in [0.15, 0.2) is 0 Å². The van der Waals surface area contributed by atoms with Gasteiger partial charge >= 0.3 is 57.4 Å². The fraction of sp³-hybridized carbons (Fsp3) is 0.562. The Balaban J connectivity index is 0.00000361. The van der Waals surface area contributed by atoms with E-state index in [4.69, 9.17) is 5.11 Å².